The van der Waals surface area contributed by atoms with Crippen LogP contribution in [0, 0.1) is 19.7 Å². The molecule has 2 aromatic rings. The molecule has 23 heavy (non-hydrogen) atoms. The van der Waals surface area contributed by atoms with E-state index in [1.54, 1.807) is 13.0 Å². The Hall–Kier alpha value is -2.89. The van der Waals surface area contributed by atoms with Crippen LogP contribution in [0.3, 0.4) is 0 Å². The van der Waals surface area contributed by atoms with Gasteiger partial charge >= 0.3 is 0 Å². The van der Waals surface area contributed by atoms with Crippen molar-refractivity contribution in [2.24, 2.45) is 0 Å². The van der Waals surface area contributed by atoms with Gasteiger partial charge in [-0.2, -0.15) is 0 Å². The fourth-order valence-electron chi connectivity index (χ4n) is 2.01. The minimum Gasteiger partial charge on any atom is -0.507 e. The number of halogens is 1. The quantitative estimate of drug-likeness (QED) is 0.759. The monoisotopic (exact) mass is 316 g/mol. The minimum atomic E-state index is -0.613. The first-order valence-corrected chi connectivity index (χ1v) is 7.01. The van der Waals surface area contributed by atoms with E-state index in [0.29, 0.717) is 11.1 Å². The Bertz CT molecular complexity index is 742. The fraction of sp³-hybridized carbons (Fsp3) is 0.176. The number of hydrogen-bond acceptors (Lipinski definition) is 3. The van der Waals surface area contributed by atoms with E-state index in [0.717, 1.165) is 5.56 Å². The van der Waals surface area contributed by atoms with Crippen LogP contribution in [-0.4, -0.2) is 16.9 Å². The number of benzene rings is 2. The zero-order chi connectivity index (χ0) is 17.0. The number of aromatic hydroxyl groups is 1. The smallest absolute Gasteiger partial charge is 0.273 e. The van der Waals surface area contributed by atoms with Gasteiger partial charge in [-0.15, -0.1) is 0 Å². The van der Waals surface area contributed by atoms with Crippen LogP contribution in [0.15, 0.2) is 36.4 Å². The summed E-state index contributed by atoms with van der Waals surface area (Å²) in [4.78, 5) is 23.8. The first-order chi connectivity index (χ1) is 10.9. The highest BCUT2D eigenvalue weighted by Gasteiger charge is 2.14. The van der Waals surface area contributed by atoms with E-state index in [-0.39, 0.29) is 23.6 Å². The normalized spacial score (nSPS) is 10.2. The van der Waals surface area contributed by atoms with Crippen LogP contribution in [0.5, 0.6) is 5.75 Å². The summed E-state index contributed by atoms with van der Waals surface area (Å²) >= 11 is 0. The Balaban J connectivity index is 1.95. The molecule has 6 heteroatoms. The molecule has 2 amide bonds. The van der Waals surface area contributed by atoms with Gasteiger partial charge in [-0.05, 0) is 48.7 Å². The highest BCUT2D eigenvalue weighted by Crippen LogP contribution is 2.24. The summed E-state index contributed by atoms with van der Waals surface area (Å²) in [7, 11) is 0. The molecule has 2 aromatic carbocycles. The summed E-state index contributed by atoms with van der Waals surface area (Å²) < 4.78 is 12.8. The van der Waals surface area contributed by atoms with E-state index in [4.69, 9.17) is 0 Å². The summed E-state index contributed by atoms with van der Waals surface area (Å²) in [6.07, 6.45) is -0.000528. The van der Waals surface area contributed by atoms with Gasteiger partial charge in [0.05, 0.1) is 12.0 Å². The summed E-state index contributed by atoms with van der Waals surface area (Å²) in [5.74, 6) is -1.56. The van der Waals surface area contributed by atoms with E-state index < -0.39 is 11.8 Å². The highest BCUT2D eigenvalue weighted by molar-refractivity contribution is 5.98. The van der Waals surface area contributed by atoms with Crippen molar-refractivity contribution in [2.45, 2.75) is 20.3 Å². The van der Waals surface area contributed by atoms with Crippen molar-refractivity contribution in [2.75, 3.05) is 0 Å². The van der Waals surface area contributed by atoms with Crippen LogP contribution >= 0.6 is 0 Å². The maximum Gasteiger partial charge on any atom is 0.273 e. The second-order valence-electron chi connectivity index (χ2n) is 5.21. The molecule has 3 N–H and O–H groups in total. The number of hydrogen-bond donors (Lipinski definition) is 3. The predicted octanol–water partition coefficient (Wildman–Crippen LogP) is 2.15. The van der Waals surface area contributed by atoms with Crippen molar-refractivity contribution < 1.29 is 19.1 Å². The molecule has 0 bridgehead atoms. The average molecular weight is 316 g/mol. The number of nitrogens with one attached hydrogen (secondary N) is 2. The molecule has 0 saturated heterocycles. The molecular weight excluding hydrogens is 299 g/mol. The molecule has 0 aliphatic heterocycles. The number of carbonyl (C=O) groups excluding carboxylic acids is 2. The van der Waals surface area contributed by atoms with E-state index >= 15 is 0 Å². The first-order valence-electron chi connectivity index (χ1n) is 7.01. The number of phenolic OH excluding ortho intramolecular Hbond substituents is 1. The van der Waals surface area contributed by atoms with Gasteiger partial charge in [-0.1, -0.05) is 18.2 Å². The van der Waals surface area contributed by atoms with Crippen molar-refractivity contribution in [1.82, 2.24) is 10.9 Å². The van der Waals surface area contributed by atoms with Gasteiger partial charge < -0.3 is 5.11 Å². The molecule has 0 atom stereocenters. The number of hydrazine groups is 1. The number of phenols is 1. The van der Waals surface area contributed by atoms with E-state index in [9.17, 15) is 19.1 Å². The lowest BCUT2D eigenvalue weighted by atomic mass is 10.0. The predicted molar refractivity (Wildman–Crippen MR) is 83.3 cm³/mol. The summed E-state index contributed by atoms with van der Waals surface area (Å²) in [5, 5.41) is 9.97. The Morgan fingerprint density at radius 1 is 1.04 bits per heavy atom. The zero-order valence-electron chi connectivity index (χ0n) is 12.8. The fourth-order valence-corrected chi connectivity index (χ4v) is 2.01. The number of rotatable bonds is 3. The van der Waals surface area contributed by atoms with Crippen LogP contribution in [0.4, 0.5) is 4.39 Å². The summed E-state index contributed by atoms with van der Waals surface area (Å²) in [6, 6.07) is 8.70. The molecule has 0 spiro atoms. The second kappa shape index (κ2) is 6.91. The third-order valence-electron chi connectivity index (χ3n) is 3.54. The van der Waals surface area contributed by atoms with Crippen LogP contribution in [0.2, 0.25) is 0 Å². The maximum absolute atomic E-state index is 12.8. The third-order valence-corrected chi connectivity index (χ3v) is 3.54. The number of aryl methyl sites for hydroxylation is 1. The van der Waals surface area contributed by atoms with Gasteiger partial charge in [-0.25, -0.2) is 4.39 Å². The summed E-state index contributed by atoms with van der Waals surface area (Å²) in [6.45, 7) is 3.52. The molecule has 0 aromatic heterocycles. The number of amides is 2. The van der Waals surface area contributed by atoms with Crippen LogP contribution in [0.1, 0.15) is 27.0 Å². The number of carbonyl (C=O) groups is 2. The van der Waals surface area contributed by atoms with Gasteiger partial charge in [0.15, 0.2) is 0 Å². The van der Waals surface area contributed by atoms with Gasteiger partial charge in [0, 0.05) is 0 Å². The summed E-state index contributed by atoms with van der Waals surface area (Å²) in [5.41, 5.74) is 6.67. The molecule has 0 aliphatic carbocycles. The second-order valence-corrected chi connectivity index (χ2v) is 5.21. The Kier molecular flexibility index (Phi) is 4.95. The topological polar surface area (TPSA) is 78.4 Å². The molecule has 0 aliphatic rings. The van der Waals surface area contributed by atoms with E-state index in [2.05, 4.69) is 10.9 Å². The lowest BCUT2D eigenvalue weighted by Crippen LogP contribution is -2.42. The molecule has 0 radical (unpaired) electrons. The van der Waals surface area contributed by atoms with Crippen molar-refractivity contribution in [1.29, 1.82) is 0 Å². The largest absolute Gasteiger partial charge is 0.507 e. The molecular formula is C17H17FN2O3. The Labute approximate surface area is 133 Å². The lowest BCUT2D eigenvalue weighted by Gasteiger charge is -2.11. The van der Waals surface area contributed by atoms with Crippen molar-refractivity contribution in [3.8, 4) is 5.75 Å². The van der Waals surface area contributed by atoms with Crippen LogP contribution in [-0.2, 0) is 11.2 Å². The molecule has 0 heterocycles. The molecule has 0 saturated carbocycles. The van der Waals surface area contributed by atoms with Crippen LogP contribution in [0.25, 0.3) is 0 Å². The Morgan fingerprint density at radius 3 is 2.35 bits per heavy atom. The van der Waals surface area contributed by atoms with Crippen LogP contribution < -0.4 is 10.9 Å². The maximum atomic E-state index is 12.8. The standard InChI is InChI=1S/C17H17FN2O3/c1-10-3-8-14(16(22)11(10)2)17(23)20-19-15(21)9-12-4-6-13(18)7-5-12/h3-8,22H,9H2,1-2H3,(H,19,21)(H,20,23). The van der Waals surface area contributed by atoms with E-state index in [1.165, 1.54) is 30.3 Å². The van der Waals surface area contributed by atoms with Gasteiger partial charge in [-0.3, -0.25) is 20.4 Å². The molecule has 2 rings (SSSR count). The van der Waals surface area contributed by atoms with Crippen molar-refractivity contribution in [3.05, 3.63) is 64.5 Å². The first kappa shape index (κ1) is 16.5. The van der Waals surface area contributed by atoms with Gasteiger partial charge in [0.1, 0.15) is 11.6 Å². The van der Waals surface area contributed by atoms with Gasteiger partial charge in [0.25, 0.3) is 5.91 Å². The SMILES string of the molecule is Cc1ccc(C(=O)NNC(=O)Cc2ccc(F)cc2)c(O)c1C. The molecule has 0 fully saturated rings. The Morgan fingerprint density at radius 2 is 1.70 bits per heavy atom. The van der Waals surface area contributed by atoms with Crippen molar-refractivity contribution in [3.63, 3.8) is 0 Å². The molecule has 5 nitrogen and oxygen atoms in total. The van der Waals surface area contributed by atoms with Gasteiger partial charge in [0.2, 0.25) is 5.91 Å². The average Bonchev–Trinajstić information content (AvgIpc) is 2.53. The zero-order valence-corrected chi connectivity index (χ0v) is 12.8. The minimum absolute atomic E-state index is 0.000528. The van der Waals surface area contributed by atoms with Crippen molar-refractivity contribution >= 4 is 11.8 Å². The highest BCUT2D eigenvalue weighted by atomic mass is 19.1. The lowest BCUT2D eigenvalue weighted by molar-refractivity contribution is -0.121. The third kappa shape index (κ3) is 4.06. The van der Waals surface area contributed by atoms with E-state index in [1.807, 2.05) is 6.92 Å². The molecule has 0 unspecified atom stereocenters. The molecule has 120 valence electrons.